The molecule has 0 radical (unpaired) electrons. The van der Waals surface area contributed by atoms with Gasteiger partial charge in [-0.2, -0.15) is 0 Å². The van der Waals surface area contributed by atoms with Gasteiger partial charge in [0.15, 0.2) is 11.5 Å². The Hall–Kier alpha value is -2.00. The molecule has 0 aliphatic carbocycles. The Morgan fingerprint density at radius 1 is 0.913 bits per heavy atom. The zero-order chi connectivity index (χ0) is 16.7. The molecule has 0 bridgehead atoms. The summed E-state index contributed by atoms with van der Waals surface area (Å²) < 4.78 is 11.4. The van der Waals surface area contributed by atoms with Gasteiger partial charge in [0, 0.05) is 12.0 Å². The van der Waals surface area contributed by atoms with Crippen molar-refractivity contribution < 1.29 is 14.8 Å². The van der Waals surface area contributed by atoms with Gasteiger partial charge in [-0.1, -0.05) is 30.3 Å². The maximum atomic E-state index is 5.90. The summed E-state index contributed by atoms with van der Waals surface area (Å²) >= 11 is 0. The molecule has 0 spiro atoms. The van der Waals surface area contributed by atoms with Gasteiger partial charge in [0.2, 0.25) is 0 Å². The van der Waals surface area contributed by atoms with Crippen molar-refractivity contribution in [3.8, 4) is 11.5 Å². The van der Waals surface area contributed by atoms with E-state index in [0.717, 1.165) is 24.5 Å². The van der Waals surface area contributed by atoms with E-state index in [1.54, 1.807) is 7.11 Å². The number of quaternary nitrogens is 1. The molecule has 23 heavy (non-hydrogen) atoms. The van der Waals surface area contributed by atoms with Crippen molar-refractivity contribution in [1.29, 1.82) is 0 Å². The maximum absolute atomic E-state index is 5.90. The smallest absolute Gasteiger partial charge is 0.161 e. The van der Waals surface area contributed by atoms with Gasteiger partial charge >= 0.3 is 0 Å². The maximum Gasteiger partial charge on any atom is 0.161 e. The van der Waals surface area contributed by atoms with E-state index in [-0.39, 0.29) is 5.54 Å². The minimum absolute atomic E-state index is 0.220. The van der Waals surface area contributed by atoms with Gasteiger partial charge in [-0.3, -0.25) is 0 Å². The quantitative estimate of drug-likeness (QED) is 0.852. The first-order valence-corrected chi connectivity index (χ1v) is 8.16. The van der Waals surface area contributed by atoms with Crippen molar-refractivity contribution in [2.24, 2.45) is 0 Å². The van der Waals surface area contributed by atoms with Crippen LogP contribution in [0.3, 0.4) is 0 Å². The standard InChI is InChI=1S/C20H27NO2/c1-20(2,3)21-15-17-10-11-18(19(14-17)22-4)23-13-12-16-8-6-5-7-9-16/h5-11,14,21H,12-13,15H2,1-4H3/p+1. The zero-order valence-electron chi connectivity index (χ0n) is 14.6. The van der Waals surface area contributed by atoms with Crippen LogP contribution in [0.4, 0.5) is 0 Å². The molecular formula is C20H28NO2+. The molecule has 3 nitrogen and oxygen atoms in total. The van der Waals surface area contributed by atoms with E-state index in [1.807, 2.05) is 12.1 Å². The van der Waals surface area contributed by atoms with Gasteiger partial charge in [0.1, 0.15) is 6.54 Å². The Bertz CT molecular complexity index is 603. The third-order valence-corrected chi connectivity index (χ3v) is 3.67. The first-order valence-electron chi connectivity index (χ1n) is 8.16. The summed E-state index contributed by atoms with van der Waals surface area (Å²) in [6.07, 6.45) is 0.892. The van der Waals surface area contributed by atoms with Crippen LogP contribution in [0.15, 0.2) is 48.5 Å². The number of methoxy groups -OCH3 is 1. The van der Waals surface area contributed by atoms with Crippen LogP contribution in [0.25, 0.3) is 0 Å². The highest BCUT2D eigenvalue weighted by molar-refractivity contribution is 5.42. The van der Waals surface area contributed by atoms with E-state index in [1.165, 1.54) is 11.1 Å². The van der Waals surface area contributed by atoms with Crippen LogP contribution in [-0.2, 0) is 13.0 Å². The van der Waals surface area contributed by atoms with E-state index in [0.29, 0.717) is 6.61 Å². The molecule has 0 fully saturated rings. The number of ether oxygens (including phenoxy) is 2. The Balaban J connectivity index is 1.93. The van der Waals surface area contributed by atoms with Crippen LogP contribution in [0.5, 0.6) is 11.5 Å². The second-order valence-corrected chi connectivity index (χ2v) is 6.84. The van der Waals surface area contributed by atoms with Crippen LogP contribution in [0.2, 0.25) is 0 Å². The Morgan fingerprint density at radius 2 is 1.65 bits per heavy atom. The van der Waals surface area contributed by atoms with Gasteiger partial charge < -0.3 is 14.8 Å². The summed E-state index contributed by atoms with van der Waals surface area (Å²) in [5.74, 6) is 1.61. The number of benzene rings is 2. The molecule has 0 saturated carbocycles. The number of nitrogens with two attached hydrogens (primary N) is 1. The molecular weight excluding hydrogens is 286 g/mol. The summed E-state index contributed by atoms with van der Waals surface area (Å²) in [7, 11) is 1.69. The molecule has 0 unspecified atom stereocenters. The van der Waals surface area contributed by atoms with Crippen LogP contribution < -0.4 is 14.8 Å². The largest absolute Gasteiger partial charge is 0.493 e. The molecule has 0 aliphatic heterocycles. The minimum atomic E-state index is 0.220. The minimum Gasteiger partial charge on any atom is -0.493 e. The Kier molecular flexibility index (Phi) is 6.05. The van der Waals surface area contributed by atoms with Crippen molar-refractivity contribution in [3.05, 3.63) is 59.7 Å². The molecule has 2 aromatic rings. The van der Waals surface area contributed by atoms with Crippen LogP contribution in [0, 0.1) is 0 Å². The predicted octanol–water partition coefficient (Wildman–Crippen LogP) is 3.18. The third-order valence-electron chi connectivity index (χ3n) is 3.67. The molecule has 0 atom stereocenters. The lowest BCUT2D eigenvalue weighted by Gasteiger charge is -2.17. The lowest BCUT2D eigenvalue weighted by molar-refractivity contribution is -0.731. The summed E-state index contributed by atoms with van der Waals surface area (Å²) in [4.78, 5) is 0. The molecule has 0 aliphatic rings. The topological polar surface area (TPSA) is 35.1 Å². The summed E-state index contributed by atoms with van der Waals surface area (Å²) in [5, 5.41) is 2.32. The first kappa shape index (κ1) is 17.4. The number of rotatable bonds is 7. The first-order chi connectivity index (χ1) is 11.0. The molecule has 0 aromatic heterocycles. The monoisotopic (exact) mass is 314 g/mol. The highest BCUT2D eigenvalue weighted by atomic mass is 16.5. The number of hydrogen-bond acceptors (Lipinski definition) is 2. The van der Waals surface area contributed by atoms with Gasteiger partial charge in [-0.25, -0.2) is 0 Å². The second kappa shape index (κ2) is 8.02. The van der Waals surface area contributed by atoms with Crippen molar-refractivity contribution in [3.63, 3.8) is 0 Å². The van der Waals surface area contributed by atoms with Crippen molar-refractivity contribution in [1.82, 2.24) is 0 Å². The molecule has 124 valence electrons. The van der Waals surface area contributed by atoms with E-state index in [9.17, 15) is 0 Å². The number of hydrogen-bond donors (Lipinski definition) is 1. The molecule has 0 amide bonds. The fraction of sp³-hybridized carbons (Fsp3) is 0.400. The average molecular weight is 314 g/mol. The fourth-order valence-corrected chi connectivity index (χ4v) is 2.31. The lowest BCUT2D eigenvalue weighted by atomic mass is 10.1. The zero-order valence-corrected chi connectivity index (χ0v) is 14.6. The van der Waals surface area contributed by atoms with Gasteiger partial charge in [-0.05, 0) is 44.5 Å². The highest BCUT2D eigenvalue weighted by Gasteiger charge is 2.14. The predicted molar refractivity (Wildman–Crippen MR) is 94.0 cm³/mol. The summed E-state index contributed by atoms with van der Waals surface area (Å²) in [5.41, 5.74) is 2.74. The van der Waals surface area contributed by atoms with E-state index in [2.05, 4.69) is 62.5 Å². The molecule has 2 rings (SSSR count). The van der Waals surface area contributed by atoms with Gasteiger partial charge in [0.05, 0.1) is 19.3 Å². The Labute approximate surface area is 139 Å². The Morgan fingerprint density at radius 3 is 2.30 bits per heavy atom. The SMILES string of the molecule is COc1cc(C[NH2+]C(C)(C)C)ccc1OCCc1ccccc1. The van der Waals surface area contributed by atoms with Crippen molar-refractivity contribution in [2.45, 2.75) is 39.3 Å². The molecule has 3 heteroatoms. The van der Waals surface area contributed by atoms with E-state index >= 15 is 0 Å². The molecule has 2 aromatic carbocycles. The summed E-state index contributed by atoms with van der Waals surface area (Å²) in [6.45, 7) is 8.22. The van der Waals surface area contributed by atoms with Gasteiger partial charge in [-0.15, -0.1) is 0 Å². The second-order valence-electron chi connectivity index (χ2n) is 6.84. The van der Waals surface area contributed by atoms with Crippen LogP contribution in [-0.4, -0.2) is 19.3 Å². The molecule has 0 heterocycles. The lowest BCUT2D eigenvalue weighted by Crippen LogP contribution is -2.92. The highest BCUT2D eigenvalue weighted by Crippen LogP contribution is 2.28. The third kappa shape index (κ3) is 5.95. The van der Waals surface area contributed by atoms with Crippen molar-refractivity contribution in [2.75, 3.05) is 13.7 Å². The van der Waals surface area contributed by atoms with Gasteiger partial charge in [0.25, 0.3) is 0 Å². The van der Waals surface area contributed by atoms with Crippen molar-refractivity contribution >= 4 is 0 Å². The normalized spacial score (nSPS) is 11.3. The average Bonchev–Trinajstić information content (AvgIpc) is 2.54. The van der Waals surface area contributed by atoms with E-state index in [4.69, 9.17) is 9.47 Å². The van der Waals surface area contributed by atoms with Crippen LogP contribution in [0.1, 0.15) is 31.9 Å². The fourth-order valence-electron chi connectivity index (χ4n) is 2.31. The molecule has 2 N–H and O–H groups in total. The summed E-state index contributed by atoms with van der Waals surface area (Å²) in [6, 6.07) is 16.6. The van der Waals surface area contributed by atoms with Crippen LogP contribution >= 0.6 is 0 Å². The molecule has 0 saturated heterocycles. The van der Waals surface area contributed by atoms with E-state index < -0.39 is 0 Å².